The first-order valence-electron chi connectivity index (χ1n) is 7.06. The Balaban J connectivity index is 2.39. The first kappa shape index (κ1) is 14.0. The minimum atomic E-state index is 0.539. The Morgan fingerprint density at radius 1 is 1.12 bits per heavy atom. The molecule has 1 aliphatic rings. The van der Waals surface area contributed by atoms with Gasteiger partial charge in [-0.3, -0.25) is 0 Å². The largest absolute Gasteiger partial charge is 0.383 e. The molecule has 0 aromatic rings. The van der Waals surface area contributed by atoms with E-state index >= 15 is 0 Å². The maximum Gasteiger partial charge on any atom is 0.0615 e. The zero-order valence-electron chi connectivity index (χ0n) is 11.3. The van der Waals surface area contributed by atoms with Crippen LogP contribution < -0.4 is 5.32 Å². The number of methoxy groups -OCH3 is 1. The minimum Gasteiger partial charge on any atom is -0.383 e. The van der Waals surface area contributed by atoms with E-state index in [9.17, 15) is 0 Å². The van der Waals surface area contributed by atoms with Crippen molar-refractivity contribution in [3.63, 3.8) is 0 Å². The molecule has 0 heterocycles. The summed E-state index contributed by atoms with van der Waals surface area (Å²) in [6, 6.07) is 1.25. The highest BCUT2D eigenvalue weighted by Crippen LogP contribution is 2.28. The molecule has 16 heavy (non-hydrogen) atoms. The Hall–Kier alpha value is -0.0800. The smallest absolute Gasteiger partial charge is 0.0615 e. The molecule has 0 aromatic carbocycles. The molecule has 2 atom stereocenters. The quantitative estimate of drug-likeness (QED) is 0.720. The second-order valence-electron chi connectivity index (χ2n) is 5.14. The van der Waals surface area contributed by atoms with Crippen molar-refractivity contribution in [3.05, 3.63) is 0 Å². The first-order valence-corrected chi connectivity index (χ1v) is 7.06. The number of hydrogen-bond donors (Lipinski definition) is 1. The maximum absolute atomic E-state index is 5.27. The van der Waals surface area contributed by atoms with Crippen LogP contribution in [0.1, 0.15) is 58.8 Å². The van der Waals surface area contributed by atoms with Crippen LogP contribution in [0.5, 0.6) is 0 Å². The van der Waals surface area contributed by atoms with Crippen LogP contribution in [0, 0.1) is 5.92 Å². The summed E-state index contributed by atoms with van der Waals surface area (Å²) in [7, 11) is 1.80. The Labute approximate surface area is 101 Å². The van der Waals surface area contributed by atoms with Gasteiger partial charge in [-0.15, -0.1) is 0 Å². The molecule has 0 aliphatic heterocycles. The van der Waals surface area contributed by atoms with Crippen molar-refractivity contribution >= 4 is 0 Å². The Morgan fingerprint density at radius 3 is 2.31 bits per heavy atom. The lowest BCUT2D eigenvalue weighted by Gasteiger charge is -2.33. The van der Waals surface area contributed by atoms with Gasteiger partial charge in [-0.05, 0) is 31.6 Å². The minimum absolute atomic E-state index is 0.539. The van der Waals surface area contributed by atoms with E-state index in [4.69, 9.17) is 4.74 Å². The number of nitrogens with one attached hydrogen (secondary N) is 1. The fraction of sp³-hybridized carbons (Fsp3) is 1.00. The standard InChI is InChI=1S/C14H29NO/c1-4-13(11-16-3)15-14(5-2)12-9-7-6-8-10-12/h12-15H,4-11H2,1-3H3. The van der Waals surface area contributed by atoms with Crippen molar-refractivity contribution in [2.45, 2.75) is 70.9 Å². The predicted octanol–water partition coefficient (Wildman–Crippen LogP) is 3.36. The van der Waals surface area contributed by atoms with E-state index in [1.165, 1.54) is 38.5 Å². The van der Waals surface area contributed by atoms with Gasteiger partial charge in [-0.2, -0.15) is 0 Å². The highest BCUT2D eigenvalue weighted by atomic mass is 16.5. The van der Waals surface area contributed by atoms with E-state index in [1.807, 2.05) is 0 Å². The maximum atomic E-state index is 5.27. The van der Waals surface area contributed by atoms with Gasteiger partial charge in [0.1, 0.15) is 0 Å². The van der Waals surface area contributed by atoms with Crippen LogP contribution in [0.2, 0.25) is 0 Å². The molecular formula is C14H29NO. The van der Waals surface area contributed by atoms with Crippen LogP contribution in [0.25, 0.3) is 0 Å². The lowest BCUT2D eigenvalue weighted by molar-refractivity contribution is 0.144. The molecule has 96 valence electrons. The summed E-state index contributed by atoms with van der Waals surface area (Å²) in [5.41, 5.74) is 0. The van der Waals surface area contributed by atoms with Gasteiger partial charge in [-0.25, -0.2) is 0 Å². The van der Waals surface area contributed by atoms with Crippen LogP contribution in [0.4, 0.5) is 0 Å². The van der Waals surface area contributed by atoms with Crippen LogP contribution >= 0.6 is 0 Å². The summed E-state index contributed by atoms with van der Waals surface area (Å²) in [5, 5.41) is 3.80. The van der Waals surface area contributed by atoms with E-state index in [0.717, 1.165) is 18.9 Å². The molecule has 0 amide bonds. The van der Waals surface area contributed by atoms with Crippen LogP contribution in [0.15, 0.2) is 0 Å². The molecule has 2 unspecified atom stereocenters. The topological polar surface area (TPSA) is 21.3 Å². The van der Waals surface area contributed by atoms with E-state index in [0.29, 0.717) is 12.1 Å². The van der Waals surface area contributed by atoms with Crippen molar-refractivity contribution in [2.24, 2.45) is 5.92 Å². The molecule has 0 spiro atoms. The Morgan fingerprint density at radius 2 is 1.81 bits per heavy atom. The van der Waals surface area contributed by atoms with Crippen molar-refractivity contribution in [1.82, 2.24) is 5.32 Å². The molecule has 0 bridgehead atoms. The van der Waals surface area contributed by atoms with Crippen molar-refractivity contribution < 1.29 is 4.74 Å². The highest BCUT2D eigenvalue weighted by molar-refractivity contribution is 4.81. The fourth-order valence-electron chi connectivity index (χ4n) is 2.91. The van der Waals surface area contributed by atoms with Gasteiger partial charge >= 0.3 is 0 Å². The first-order chi connectivity index (χ1) is 7.81. The van der Waals surface area contributed by atoms with Crippen molar-refractivity contribution in [3.8, 4) is 0 Å². The summed E-state index contributed by atoms with van der Waals surface area (Å²) in [6.07, 6.45) is 9.59. The summed E-state index contributed by atoms with van der Waals surface area (Å²) in [6.45, 7) is 5.40. The third-order valence-corrected chi connectivity index (χ3v) is 3.97. The number of rotatable bonds is 7. The van der Waals surface area contributed by atoms with Crippen LogP contribution in [-0.2, 0) is 4.74 Å². The zero-order chi connectivity index (χ0) is 11.8. The fourth-order valence-corrected chi connectivity index (χ4v) is 2.91. The average Bonchev–Trinajstić information content (AvgIpc) is 2.35. The zero-order valence-corrected chi connectivity index (χ0v) is 11.3. The summed E-state index contributed by atoms with van der Waals surface area (Å²) in [4.78, 5) is 0. The molecule has 1 rings (SSSR count). The van der Waals surface area contributed by atoms with Crippen molar-refractivity contribution in [1.29, 1.82) is 0 Å². The van der Waals surface area contributed by atoms with Gasteiger partial charge in [0.15, 0.2) is 0 Å². The normalized spacial score (nSPS) is 21.9. The second kappa shape index (κ2) is 8.08. The van der Waals surface area contributed by atoms with Crippen LogP contribution in [-0.4, -0.2) is 25.8 Å². The number of hydrogen-bond acceptors (Lipinski definition) is 2. The summed E-state index contributed by atoms with van der Waals surface area (Å²) >= 11 is 0. The summed E-state index contributed by atoms with van der Waals surface area (Å²) in [5.74, 6) is 0.907. The molecule has 1 fully saturated rings. The van der Waals surface area contributed by atoms with E-state index < -0.39 is 0 Å². The van der Waals surface area contributed by atoms with Gasteiger partial charge in [0, 0.05) is 19.2 Å². The molecule has 0 radical (unpaired) electrons. The molecule has 0 aromatic heterocycles. The van der Waals surface area contributed by atoms with Gasteiger partial charge < -0.3 is 10.1 Å². The van der Waals surface area contributed by atoms with E-state index in [2.05, 4.69) is 19.2 Å². The second-order valence-corrected chi connectivity index (χ2v) is 5.14. The average molecular weight is 227 g/mol. The highest BCUT2D eigenvalue weighted by Gasteiger charge is 2.23. The molecular weight excluding hydrogens is 198 g/mol. The molecule has 0 saturated heterocycles. The van der Waals surface area contributed by atoms with Gasteiger partial charge in [0.2, 0.25) is 0 Å². The Bertz CT molecular complexity index is 166. The summed E-state index contributed by atoms with van der Waals surface area (Å²) < 4.78 is 5.27. The lowest BCUT2D eigenvalue weighted by atomic mass is 9.82. The van der Waals surface area contributed by atoms with Gasteiger partial charge in [-0.1, -0.05) is 33.1 Å². The molecule has 2 nitrogen and oxygen atoms in total. The molecule has 1 N–H and O–H groups in total. The monoisotopic (exact) mass is 227 g/mol. The van der Waals surface area contributed by atoms with E-state index in [1.54, 1.807) is 7.11 Å². The molecule has 2 heteroatoms. The molecule has 1 aliphatic carbocycles. The third-order valence-electron chi connectivity index (χ3n) is 3.97. The molecule has 1 saturated carbocycles. The van der Waals surface area contributed by atoms with Gasteiger partial charge in [0.05, 0.1) is 6.61 Å². The lowest BCUT2D eigenvalue weighted by Crippen LogP contribution is -2.44. The van der Waals surface area contributed by atoms with E-state index in [-0.39, 0.29) is 0 Å². The predicted molar refractivity (Wildman–Crippen MR) is 69.7 cm³/mol. The van der Waals surface area contributed by atoms with Crippen molar-refractivity contribution in [2.75, 3.05) is 13.7 Å². The third kappa shape index (κ3) is 4.42. The van der Waals surface area contributed by atoms with Crippen LogP contribution in [0.3, 0.4) is 0 Å². The Kier molecular flexibility index (Phi) is 7.06. The number of ether oxygens (including phenoxy) is 1. The SMILES string of the molecule is CCC(COC)NC(CC)C1CCCCC1. The van der Waals surface area contributed by atoms with Gasteiger partial charge in [0.25, 0.3) is 0 Å².